The molecule has 1 aromatic heterocycles. The van der Waals surface area contributed by atoms with Crippen LogP contribution in [0.4, 0.5) is 0 Å². The van der Waals surface area contributed by atoms with Crippen molar-refractivity contribution in [3.8, 4) is 51.7 Å². The predicted octanol–water partition coefficient (Wildman–Crippen LogP) is 37.0. The molecule has 1 heterocycles. The summed E-state index contributed by atoms with van der Waals surface area (Å²) in [5.74, 6) is 8.38. The lowest BCUT2D eigenvalue weighted by molar-refractivity contribution is 0.234. The summed E-state index contributed by atoms with van der Waals surface area (Å²) in [6.07, 6.45) is 78.7. The number of benzene rings is 9. The fraction of sp³-hybridized carbons (Fsp3) is 0.419. The fourth-order valence-corrected chi connectivity index (χ4v) is 16.2. The van der Waals surface area contributed by atoms with E-state index in [4.69, 9.17) is 57.6 Å². The maximum absolute atomic E-state index is 6.53. The molecule has 0 N–H and O–H groups in total. The number of unbranched alkanes of at least 4 members (excludes halogenated alkanes) is 27. The smallest absolute Gasteiger partial charge is 0.203 e. The summed E-state index contributed by atoms with van der Waals surface area (Å²) in [6, 6.07) is 64.2. The summed E-state index contributed by atoms with van der Waals surface area (Å²) < 4.78 is 58.7. The van der Waals surface area contributed by atoms with E-state index in [2.05, 4.69) is 335 Å². The zero-order valence-corrected chi connectivity index (χ0v) is 87.0. The molecule has 12 nitrogen and oxygen atoms in total. The quantitative estimate of drug-likeness (QED) is 0.0266. The first-order valence-corrected chi connectivity index (χ1v) is 54.2. The van der Waals surface area contributed by atoms with E-state index in [-0.39, 0.29) is 0 Å². The van der Waals surface area contributed by atoms with Crippen molar-refractivity contribution in [1.82, 2.24) is 15.0 Å². The third kappa shape index (κ3) is 43.5. The second-order valence-electron chi connectivity index (χ2n) is 37.1. The molecule has 9 aromatic carbocycles. The Kier molecular flexibility index (Phi) is 53.5. The van der Waals surface area contributed by atoms with E-state index in [1.807, 2.05) is 18.2 Å². The highest BCUT2D eigenvalue weighted by molar-refractivity contribution is 5.80. The molecule has 0 radical (unpaired) electrons. The number of rotatable bonds is 72. The van der Waals surface area contributed by atoms with Crippen LogP contribution in [-0.2, 0) is 0 Å². The standard InChI is InChI=1S/C129H165N3O9/c1-10-19-28-37-88-133-118-97-115(98-119(134-89-38-29-20-11-2)127(118)139-94-43-34-25-16-7)79-76-109-58-52-103(53-59-109)46-49-106-64-70-112(71-65-106)82-85-124-130-125(86-83-113-72-66-107(67-73-113)50-47-104-54-60-110(61-55-104)77-80-116-99-120(135-90-39-30-21-12-3)128(140-95-44-35-26-17-8)121(100-116)136-91-40-31-22-13-4)132-126(131-124)87-84-114-74-68-108(69-75-114)51-48-105-56-62-111(63-57-105)78-81-117-101-122(137-92-41-32-23-14-5)129(141-96-45-36-27-18-9)123(102-117)138-93-42-33-24-15-6/h46-87,97-102H,10-45,88-96H2,1-9H3/b49-46+,50-47+,51-48+,79-76+,80-77+,81-78+,85-82+,86-83+,87-84+. The minimum absolute atomic E-state index is 0.545. The van der Waals surface area contributed by atoms with Crippen LogP contribution in [-0.4, -0.2) is 74.4 Å². The van der Waals surface area contributed by atoms with Crippen molar-refractivity contribution >= 4 is 109 Å². The molecule has 12 heteroatoms. The summed E-state index contributed by atoms with van der Waals surface area (Å²) in [4.78, 5) is 15.0. The minimum Gasteiger partial charge on any atom is -0.490 e. The number of hydrogen-bond donors (Lipinski definition) is 0. The predicted molar refractivity (Wildman–Crippen MR) is 605 cm³/mol. The first-order chi connectivity index (χ1) is 69.5. The highest BCUT2D eigenvalue weighted by atomic mass is 16.6. The molecule has 0 spiro atoms. The zero-order valence-electron chi connectivity index (χ0n) is 87.0. The van der Waals surface area contributed by atoms with Crippen molar-refractivity contribution in [2.45, 2.75) is 293 Å². The lowest BCUT2D eigenvalue weighted by atomic mass is 10.1. The molecule has 0 unspecified atom stereocenters. The summed E-state index contributed by atoms with van der Waals surface area (Å²) in [5, 5.41) is 0. The fourth-order valence-electron chi connectivity index (χ4n) is 16.2. The summed E-state index contributed by atoms with van der Waals surface area (Å²) in [5.41, 5.74) is 16.0. The molecule has 0 atom stereocenters. The Morgan fingerprint density at radius 3 is 0.397 bits per heavy atom. The molecule has 0 amide bonds. The second-order valence-corrected chi connectivity index (χ2v) is 37.1. The normalized spacial score (nSPS) is 11.9. The van der Waals surface area contributed by atoms with E-state index >= 15 is 0 Å². The summed E-state index contributed by atoms with van der Waals surface area (Å²) >= 11 is 0. The molecule has 0 aliphatic rings. The molecule has 0 bridgehead atoms. The molecule has 141 heavy (non-hydrogen) atoms. The number of aromatic nitrogens is 3. The van der Waals surface area contributed by atoms with Crippen molar-refractivity contribution in [2.75, 3.05) is 59.5 Å². The SMILES string of the molecule is CCCCCCOc1cc(/C=C/c2ccc(/C=C/c3ccc(/C=C/c4nc(/C=C/c5ccc(/C=C/c6ccc(/C=C/c7cc(OCCCCCC)c(OCCCCCC)c(OCCCCCC)c7)cc6)cc5)nc(/C=C/c5ccc(/C=C/c6ccc(/C=C/c7cc(OCCCCCC)c(OCCCCCC)c(OCCCCCC)c7)cc6)cc5)n4)cc3)cc2)cc(OCCCCCC)c1OCCCCCC. The van der Waals surface area contributed by atoms with Gasteiger partial charge in [-0.3, -0.25) is 0 Å². The maximum atomic E-state index is 6.53. The topological polar surface area (TPSA) is 122 Å². The van der Waals surface area contributed by atoms with Gasteiger partial charge in [0.25, 0.3) is 0 Å². The van der Waals surface area contributed by atoms with Gasteiger partial charge in [-0.25, -0.2) is 15.0 Å². The Balaban J connectivity index is 0.830. The van der Waals surface area contributed by atoms with Crippen LogP contribution >= 0.6 is 0 Å². The van der Waals surface area contributed by atoms with Gasteiger partial charge >= 0.3 is 0 Å². The molecular weight excluding hydrogens is 1740 g/mol. The van der Waals surface area contributed by atoms with Crippen molar-refractivity contribution in [3.05, 3.63) is 283 Å². The van der Waals surface area contributed by atoms with E-state index in [1.165, 1.54) is 116 Å². The van der Waals surface area contributed by atoms with Gasteiger partial charge in [-0.15, -0.1) is 0 Å². The van der Waals surface area contributed by atoms with E-state index in [0.717, 1.165) is 251 Å². The van der Waals surface area contributed by atoms with E-state index in [0.29, 0.717) is 76.9 Å². The molecule has 0 fully saturated rings. The van der Waals surface area contributed by atoms with Gasteiger partial charge in [0.1, 0.15) is 0 Å². The van der Waals surface area contributed by atoms with Gasteiger partial charge in [0.05, 0.1) is 59.5 Å². The van der Waals surface area contributed by atoms with Crippen molar-refractivity contribution in [2.24, 2.45) is 0 Å². The van der Waals surface area contributed by atoms with Crippen molar-refractivity contribution in [1.29, 1.82) is 0 Å². The Hall–Kier alpha value is -12.2. The lowest BCUT2D eigenvalue weighted by Crippen LogP contribution is -2.06. The third-order valence-corrected chi connectivity index (χ3v) is 24.8. The van der Waals surface area contributed by atoms with Gasteiger partial charge in [0, 0.05) is 0 Å². The van der Waals surface area contributed by atoms with Gasteiger partial charge in [0.15, 0.2) is 52.0 Å². The summed E-state index contributed by atoms with van der Waals surface area (Å²) in [7, 11) is 0. The molecular formula is C129H165N3O9. The molecule has 0 aliphatic carbocycles. The van der Waals surface area contributed by atoms with Gasteiger partial charge < -0.3 is 42.6 Å². The first kappa shape index (κ1) is 111. The molecule has 0 saturated heterocycles. The third-order valence-electron chi connectivity index (χ3n) is 24.8. The first-order valence-electron chi connectivity index (χ1n) is 54.2. The van der Waals surface area contributed by atoms with Crippen LogP contribution in [0.5, 0.6) is 51.7 Å². The van der Waals surface area contributed by atoms with Crippen LogP contribution in [0.15, 0.2) is 182 Å². The van der Waals surface area contributed by atoms with Gasteiger partial charge in [0.2, 0.25) is 17.2 Å². The van der Waals surface area contributed by atoms with E-state index in [1.54, 1.807) is 0 Å². The number of nitrogens with zero attached hydrogens (tertiary/aromatic N) is 3. The minimum atomic E-state index is 0.545. The molecule has 10 aromatic rings. The largest absolute Gasteiger partial charge is 0.490 e. The maximum Gasteiger partial charge on any atom is 0.203 e. The van der Waals surface area contributed by atoms with Gasteiger partial charge in [-0.2, -0.15) is 0 Å². The average Bonchev–Trinajstić information content (AvgIpc) is 0.823. The second kappa shape index (κ2) is 68.1. The lowest BCUT2D eigenvalue weighted by Gasteiger charge is -2.18. The Bertz CT molecular complexity index is 4770. The van der Waals surface area contributed by atoms with Gasteiger partial charge in [-0.05, 0) is 196 Å². The van der Waals surface area contributed by atoms with Crippen LogP contribution in [0.2, 0.25) is 0 Å². The Morgan fingerprint density at radius 1 is 0.142 bits per heavy atom. The number of hydrogen-bond acceptors (Lipinski definition) is 12. The monoisotopic (exact) mass is 1900 g/mol. The van der Waals surface area contributed by atoms with Crippen molar-refractivity contribution in [3.63, 3.8) is 0 Å². The van der Waals surface area contributed by atoms with Crippen LogP contribution in [0.1, 0.15) is 394 Å². The van der Waals surface area contributed by atoms with E-state index in [9.17, 15) is 0 Å². The highest BCUT2D eigenvalue weighted by Gasteiger charge is 2.21. The average molecular weight is 1900 g/mol. The van der Waals surface area contributed by atoms with Crippen molar-refractivity contribution < 1.29 is 42.6 Å². The molecule has 10 rings (SSSR count). The summed E-state index contributed by atoms with van der Waals surface area (Å²) in [6.45, 7) is 26.0. The highest BCUT2D eigenvalue weighted by Crippen LogP contribution is 2.44. The zero-order chi connectivity index (χ0) is 98.8. The van der Waals surface area contributed by atoms with Crippen LogP contribution < -0.4 is 42.6 Å². The van der Waals surface area contributed by atoms with Crippen LogP contribution in [0, 0.1) is 0 Å². The van der Waals surface area contributed by atoms with Gasteiger partial charge in [-0.1, -0.05) is 472 Å². The van der Waals surface area contributed by atoms with Crippen LogP contribution in [0.3, 0.4) is 0 Å². The molecule has 750 valence electrons. The Labute approximate surface area is 849 Å². The van der Waals surface area contributed by atoms with Crippen LogP contribution in [0.25, 0.3) is 109 Å². The van der Waals surface area contributed by atoms with E-state index < -0.39 is 0 Å². The number of ether oxygens (including phenoxy) is 9. The molecule has 0 saturated carbocycles. The molecule has 0 aliphatic heterocycles. The Morgan fingerprint density at radius 2 is 0.262 bits per heavy atom.